The molecule has 0 unspecified atom stereocenters. The largest absolute Gasteiger partial charge is 0.312 e. The van der Waals surface area contributed by atoms with Crippen LogP contribution in [0.3, 0.4) is 0 Å². The van der Waals surface area contributed by atoms with Gasteiger partial charge in [-0.3, -0.25) is 4.68 Å². The summed E-state index contributed by atoms with van der Waals surface area (Å²) >= 11 is 0. The zero-order valence-corrected chi connectivity index (χ0v) is 12.7. The molecule has 0 saturated heterocycles. The summed E-state index contributed by atoms with van der Waals surface area (Å²) in [6, 6.07) is 9.05. The van der Waals surface area contributed by atoms with E-state index in [1.54, 1.807) is 11.1 Å². The minimum Gasteiger partial charge on any atom is -0.312 e. The van der Waals surface area contributed by atoms with Crippen LogP contribution in [0.2, 0.25) is 0 Å². The van der Waals surface area contributed by atoms with Crippen molar-refractivity contribution in [2.24, 2.45) is 5.92 Å². The van der Waals surface area contributed by atoms with Gasteiger partial charge in [-0.15, -0.1) is 0 Å². The van der Waals surface area contributed by atoms with Gasteiger partial charge in [0, 0.05) is 30.3 Å². The lowest BCUT2D eigenvalue weighted by Gasteiger charge is -2.11. The topological polar surface area (TPSA) is 29.9 Å². The third-order valence-corrected chi connectivity index (χ3v) is 5.36. The monoisotopic (exact) mass is 281 g/mol. The van der Waals surface area contributed by atoms with Crippen LogP contribution in [0.25, 0.3) is 0 Å². The van der Waals surface area contributed by atoms with E-state index in [1.807, 2.05) is 10.9 Å². The van der Waals surface area contributed by atoms with Gasteiger partial charge in [0.05, 0.1) is 6.20 Å². The molecule has 1 aromatic carbocycles. The summed E-state index contributed by atoms with van der Waals surface area (Å²) in [6.07, 6.45) is 8.11. The molecular weight excluding hydrogens is 258 g/mol. The summed E-state index contributed by atoms with van der Waals surface area (Å²) in [5.74, 6) is 0.822. The van der Waals surface area contributed by atoms with Gasteiger partial charge in [-0.2, -0.15) is 5.10 Å². The first-order valence-corrected chi connectivity index (χ1v) is 8.12. The molecular formula is C18H23N3. The molecule has 2 aromatic rings. The van der Waals surface area contributed by atoms with E-state index in [-0.39, 0.29) is 0 Å². The van der Waals surface area contributed by atoms with Crippen LogP contribution >= 0.6 is 0 Å². The van der Waals surface area contributed by atoms with E-state index in [1.165, 1.54) is 24.8 Å². The normalized spacial score (nSPS) is 26.2. The summed E-state index contributed by atoms with van der Waals surface area (Å²) in [7, 11) is 0. The third kappa shape index (κ3) is 2.20. The number of aryl methyl sites for hydroxylation is 2. The van der Waals surface area contributed by atoms with Crippen LogP contribution in [0.1, 0.15) is 36.5 Å². The highest BCUT2D eigenvalue weighted by Gasteiger charge is 2.57. The number of benzene rings is 1. The molecule has 0 aliphatic heterocycles. The van der Waals surface area contributed by atoms with E-state index < -0.39 is 0 Å². The summed E-state index contributed by atoms with van der Waals surface area (Å²) in [5.41, 5.74) is 5.02. The molecule has 21 heavy (non-hydrogen) atoms. The Bertz CT molecular complexity index is 645. The summed E-state index contributed by atoms with van der Waals surface area (Å²) < 4.78 is 1.99. The number of nitrogens with one attached hydrogen (secondary N) is 1. The smallest absolute Gasteiger partial charge is 0.0534 e. The molecule has 2 aliphatic carbocycles. The number of fused-ring (bicyclic) bond motifs is 2. The van der Waals surface area contributed by atoms with Crippen LogP contribution in [0, 0.1) is 5.92 Å². The first-order valence-electron chi connectivity index (χ1n) is 8.12. The molecule has 2 atom stereocenters. The van der Waals surface area contributed by atoms with Gasteiger partial charge < -0.3 is 5.32 Å². The summed E-state index contributed by atoms with van der Waals surface area (Å²) in [6.45, 7) is 5.14. The number of aromatic nitrogens is 2. The molecule has 4 rings (SSSR count). The quantitative estimate of drug-likeness (QED) is 0.913. The molecule has 3 nitrogen and oxygen atoms in total. The van der Waals surface area contributed by atoms with Crippen LogP contribution in [0.5, 0.6) is 0 Å². The van der Waals surface area contributed by atoms with Crippen molar-refractivity contribution in [3.63, 3.8) is 0 Å². The van der Waals surface area contributed by atoms with Crippen LogP contribution < -0.4 is 5.32 Å². The first-order chi connectivity index (χ1) is 10.3. The Morgan fingerprint density at radius 2 is 2.29 bits per heavy atom. The Hall–Kier alpha value is -1.61. The average Bonchev–Trinajstić information content (AvgIpc) is 2.85. The van der Waals surface area contributed by atoms with Gasteiger partial charge in [-0.25, -0.2) is 0 Å². The second-order valence-electron chi connectivity index (χ2n) is 6.55. The molecule has 0 bridgehead atoms. The van der Waals surface area contributed by atoms with E-state index in [0.29, 0.717) is 5.41 Å². The van der Waals surface area contributed by atoms with Gasteiger partial charge >= 0.3 is 0 Å². The van der Waals surface area contributed by atoms with Crippen molar-refractivity contribution in [2.45, 2.75) is 44.7 Å². The molecule has 0 amide bonds. The average molecular weight is 281 g/mol. The second kappa shape index (κ2) is 4.99. The fourth-order valence-electron chi connectivity index (χ4n) is 4.06. The van der Waals surface area contributed by atoms with Crippen LogP contribution in [-0.2, 0) is 24.9 Å². The van der Waals surface area contributed by atoms with Crippen molar-refractivity contribution in [3.8, 4) is 0 Å². The number of hydrogen-bond donors (Lipinski definition) is 1. The van der Waals surface area contributed by atoms with Crippen molar-refractivity contribution in [1.82, 2.24) is 15.1 Å². The highest BCUT2D eigenvalue weighted by atomic mass is 15.3. The van der Waals surface area contributed by atoms with Gasteiger partial charge in [0.15, 0.2) is 0 Å². The standard InChI is InChI=1S/C18H23N3/c1-2-21-13-14(11-20-21)10-19-12-16-9-18(16)8-7-15-5-3-4-6-17(15)18/h3-6,11,13,16,19H,2,7-10,12H2,1H3/t16-,18-/m0/s1. The minimum absolute atomic E-state index is 0.511. The fourth-order valence-corrected chi connectivity index (χ4v) is 4.06. The third-order valence-electron chi connectivity index (χ3n) is 5.36. The molecule has 3 heteroatoms. The molecule has 1 saturated carbocycles. The Balaban J connectivity index is 1.34. The lowest BCUT2D eigenvalue weighted by Crippen LogP contribution is -2.20. The molecule has 2 aliphatic rings. The molecule has 1 fully saturated rings. The van der Waals surface area contributed by atoms with Gasteiger partial charge in [0.25, 0.3) is 0 Å². The van der Waals surface area contributed by atoms with Crippen molar-refractivity contribution >= 4 is 0 Å². The van der Waals surface area contributed by atoms with Crippen LogP contribution in [-0.4, -0.2) is 16.3 Å². The van der Waals surface area contributed by atoms with Crippen LogP contribution in [0.4, 0.5) is 0 Å². The van der Waals surface area contributed by atoms with Crippen LogP contribution in [0.15, 0.2) is 36.7 Å². The van der Waals surface area contributed by atoms with E-state index >= 15 is 0 Å². The lowest BCUT2D eigenvalue weighted by atomic mass is 9.95. The molecule has 0 radical (unpaired) electrons. The van der Waals surface area contributed by atoms with E-state index in [0.717, 1.165) is 25.6 Å². The predicted molar refractivity (Wildman–Crippen MR) is 84.2 cm³/mol. The van der Waals surface area contributed by atoms with Gasteiger partial charge in [-0.05, 0) is 49.8 Å². The Kier molecular flexibility index (Phi) is 3.11. The van der Waals surface area contributed by atoms with Crippen molar-refractivity contribution in [3.05, 3.63) is 53.3 Å². The van der Waals surface area contributed by atoms with Crippen molar-refractivity contribution in [2.75, 3.05) is 6.54 Å². The zero-order chi connectivity index (χ0) is 14.3. The van der Waals surface area contributed by atoms with E-state index in [9.17, 15) is 0 Å². The molecule has 1 aromatic heterocycles. The number of hydrogen-bond acceptors (Lipinski definition) is 2. The zero-order valence-electron chi connectivity index (χ0n) is 12.7. The fraction of sp³-hybridized carbons (Fsp3) is 0.500. The molecule has 1 spiro atoms. The number of rotatable bonds is 5. The maximum absolute atomic E-state index is 4.33. The minimum atomic E-state index is 0.511. The maximum atomic E-state index is 4.33. The van der Waals surface area contributed by atoms with Crippen molar-refractivity contribution < 1.29 is 0 Å². The summed E-state index contributed by atoms with van der Waals surface area (Å²) in [5, 5.41) is 7.96. The lowest BCUT2D eigenvalue weighted by molar-refractivity contribution is 0.547. The second-order valence-corrected chi connectivity index (χ2v) is 6.55. The van der Waals surface area contributed by atoms with Gasteiger partial charge in [0.1, 0.15) is 0 Å². The Morgan fingerprint density at radius 3 is 3.14 bits per heavy atom. The molecule has 1 heterocycles. The highest BCUT2D eigenvalue weighted by molar-refractivity contribution is 5.45. The van der Waals surface area contributed by atoms with E-state index in [4.69, 9.17) is 0 Å². The Morgan fingerprint density at radius 1 is 1.38 bits per heavy atom. The number of nitrogens with zero attached hydrogens (tertiary/aromatic N) is 2. The van der Waals surface area contributed by atoms with E-state index in [2.05, 4.69) is 47.8 Å². The first kappa shape index (κ1) is 13.1. The Labute approximate surface area is 126 Å². The predicted octanol–water partition coefficient (Wildman–Crippen LogP) is 2.90. The summed E-state index contributed by atoms with van der Waals surface area (Å²) in [4.78, 5) is 0. The van der Waals surface area contributed by atoms with Crippen molar-refractivity contribution in [1.29, 1.82) is 0 Å². The van der Waals surface area contributed by atoms with Gasteiger partial charge in [-0.1, -0.05) is 24.3 Å². The molecule has 110 valence electrons. The molecule has 1 N–H and O–H groups in total. The van der Waals surface area contributed by atoms with Gasteiger partial charge in [0.2, 0.25) is 0 Å². The highest BCUT2D eigenvalue weighted by Crippen LogP contribution is 2.61. The maximum Gasteiger partial charge on any atom is 0.0534 e. The SMILES string of the molecule is CCn1cc(CNC[C@@H]2C[C@@]23CCc2ccccc23)cn1.